The van der Waals surface area contributed by atoms with E-state index in [-0.39, 0.29) is 11.8 Å². The molecule has 3 heterocycles. The van der Waals surface area contributed by atoms with Gasteiger partial charge in [0, 0.05) is 24.6 Å². The van der Waals surface area contributed by atoms with Gasteiger partial charge in [-0.2, -0.15) is 0 Å². The number of ether oxygens (including phenoxy) is 1. The third-order valence-corrected chi connectivity index (χ3v) is 5.91. The number of carbonyl (C=O) groups excluding carboxylic acids is 2. The molecule has 0 radical (unpaired) electrons. The summed E-state index contributed by atoms with van der Waals surface area (Å²) < 4.78 is 7.59. The minimum absolute atomic E-state index is 0.144. The first-order valence-electron chi connectivity index (χ1n) is 11.1. The molecular formula is C25H31N3O3. The molecule has 0 bridgehead atoms. The first-order chi connectivity index (χ1) is 14.8. The largest absolute Gasteiger partial charge is 0.443 e. The normalized spacial score (nSPS) is 18.8. The van der Waals surface area contributed by atoms with Crippen molar-refractivity contribution in [2.24, 2.45) is 5.92 Å². The summed E-state index contributed by atoms with van der Waals surface area (Å²) in [6.07, 6.45) is 9.48. The summed E-state index contributed by atoms with van der Waals surface area (Å²) in [5.74, 6) is -0.381. The molecule has 0 spiro atoms. The van der Waals surface area contributed by atoms with Gasteiger partial charge in [-0.15, -0.1) is 0 Å². The second-order valence-corrected chi connectivity index (χ2v) is 9.41. The average molecular weight is 422 g/mol. The van der Waals surface area contributed by atoms with Gasteiger partial charge in [0.1, 0.15) is 5.60 Å². The average Bonchev–Trinajstić information content (AvgIpc) is 3.11. The Balaban J connectivity index is 1.52. The van der Waals surface area contributed by atoms with E-state index in [9.17, 15) is 9.59 Å². The van der Waals surface area contributed by atoms with Gasteiger partial charge in [0.2, 0.25) is 5.91 Å². The molecule has 0 N–H and O–H groups in total. The highest BCUT2D eigenvalue weighted by Crippen LogP contribution is 2.30. The van der Waals surface area contributed by atoms with Crippen molar-refractivity contribution >= 4 is 18.1 Å². The first kappa shape index (κ1) is 21.3. The van der Waals surface area contributed by atoms with Crippen molar-refractivity contribution < 1.29 is 14.3 Å². The van der Waals surface area contributed by atoms with E-state index in [0.29, 0.717) is 13.0 Å². The Morgan fingerprint density at radius 3 is 2.84 bits per heavy atom. The van der Waals surface area contributed by atoms with Crippen LogP contribution in [-0.2, 0) is 28.8 Å². The van der Waals surface area contributed by atoms with E-state index in [1.165, 1.54) is 27.4 Å². The third kappa shape index (κ3) is 4.43. The lowest BCUT2D eigenvalue weighted by Crippen LogP contribution is -2.47. The van der Waals surface area contributed by atoms with Gasteiger partial charge in [-0.3, -0.25) is 4.79 Å². The van der Waals surface area contributed by atoms with Crippen molar-refractivity contribution in [1.82, 2.24) is 14.5 Å². The van der Waals surface area contributed by atoms with Gasteiger partial charge in [0.05, 0.1) is 17.7 Å². The summed E-state index contributed by atoms with van der Waals surface area (Å²) in [6, 6.07) is 6.51. The molecule has 4 rings (SSSR count). The maximum absolute atomic E-state index is 13.0. The zero-order chi connectivity index (χ0) is 22.2. The van der Waals surface area contributed by atoms with Crippen LogP contribution in [0.1, 0.15) is 63.1 Å². The van der Waals surface area contributed by atoms with Crippen molar-refractivity contribution in [2.45, 2.75) is 65.4 Å². The number of allylic oxidation sites excluding steroid dienone is 1. The van der Waals surface area contributed by atoms with Crippen LogP contribution >= 0.6 is 0 Å². The van der Waals surface area contributed by atoms with Crippen LogP contribution in [0, 0.1) is 5.92 Å². The molecule has 6 heteroatoms. The monoisotopic (exact) mass is 421 g/mol. The van der Waals surface area contributed by atoms with Gasteiger partial charge >= 0.3 is 6.09 Å². The number of likely N-dealkylation sites (tertiary alicyclic amines) is 1. The molecule has 2 aromatic rings. The Bertz CT molecular complexity index is 1030. The maximum atomic E-state index is 13.0. The van der Waals surface area contributed by atoms with Crippen LogP contribution in [0.5, 0.6) is 0 Å². The van der Waals surface area contributed by atoms with Gasteiger partial charge < -0.3 is 9.30 Å². The van der Waals surface area contributed by atoms with Gasteiger partial charge in [-0.1, -0.05) is 18.2 Å². The molecule has 1 aromatic carbocycles. The molecule has 1 fully saturated rings. The summed E-state index contributed by atoms with van der Waals surface area (Å²) in [6.45, 7) is 7.89. The number of aryl methyl sites for hydroxylation is 1. The van der Waals surface area contributed by atoms with Crippen molar-refractivity contribution in [3.05, 3.63) is 53.1 Å². The van der Waals surface area contributed by atoms with Gasteiger partial charge in [-0.05, 0) is 76.6 Å². The zero-order valence-corrected chi connectivity index (χ0v) is 18.9. The van der Waals surface area contributed by atoms with Gasteiger partial charge in [-0.25, -0.2) is 14.7 Å². The number of amides is 2. The van der Waals surface area contributed by atoms with E-state index in [1.54, 1.807) is 0 Å². The Labute approximate surface area is 183 Å². The van der Waals surface area contributed by atoms with E-state index in [4.69, 9.17) is 4.74 Å². The number of imide groups is 1. The Morgan fingerprint density at radius 2 is 2.10 bits per heavy atom. The molecule has 6 nitrogen and oxygen atoms in total. The van der Waals surface area contributed by atoms with Crippen LogP contribution in [0.4, 0.5) is 4.79 Å². The van der Waals surface area contributed by atoms with Crippen molar-refractivity contribution in [1.29, 1.82) is 0 Å². The van der Waals surface area contributed by atoms with Crippen molar-refractivity contribution in [3.63, 3.8) is 0 Å². The third-order valence-electron chi connectivity index (χ3n) is 5.91. The summed E-state index contributed by atoms with van der Waals surface area (Å²) >= 11 is 0. The lowest BCUT2D eigenvalue weighted by Gasteiger charge is -2.32. The molecule has 1 saturated heterocycles. The van der Waals surface area contributed by atoms with E-state index in [2.05, 4.69) is 33.8 Å². The number of rotatable bonds is 3. The highest BCUT2D eigenvalue weighted by atomic mass is 16.6. The Morgan fingerprint density at radius 1 is 1.29 bits per heavy atom. The van der Waals surface area contributed by atoms with Crippen molar-refractivity contribution in [3.8, 4) is 5.69 Å². The smallest absolute Gasteiger partial charge is 0.417 e. The standard InChI is InChI=1S/C25H31N3O3/c1-5-7-17-9-11-21-18(14-17)10-12-22-20(26-16-28(21)22)15-19-8-6-13-27(23(19)29)24(30)31-25(2,3)4/h5,7,9,11,14,16,19H,6,8,10,12-13,15H2,1-4H3. The number of fused-ring (bicyclic) bond motifs is 3. The van der Waals surface area contributed by atoms with Crippen molar-refractivity contribution in [2.75, 3.05) is 6.54 Å². The first-order valence-corrected chi connectivity index (χ1v) is 11.1. The molecule has 1 atom stereocenters. The lowest BCUT2D eigenvalue weighted by atomic mass is 9.90. The molecular weight excluding hydrogens is 390 g/mol. The fourth-order valence-electron chi connectivity index (χ4n) is 4.51. The van der Waals surface area contributed by atoms with Gasteiger partial charge in [0.15, 0.2) is 0 Å². The molecule has 1 aromatic heterocycles. The number of nitrogens with zero attached hydrogens (tertiary/aromatic N) is 3. The van der Waals surface area contributed by atoms with E-state index in [1.807, 2.05) is 40.1 Å². The molecule has 31 heavy (non-hydrogen) atoms. The number of imidazole rings is 1. The molecule has 1 unspecified atom stereocenters. The molecule has 2 aliphatic rings. The van der Waals surface area contributed by atoms with Crippen LogP contribution in [-0.4, -0.2) is 38.6 Å². The number of piperidine rings is 1. The summed E-state index contributed by atoms with van der Waals surface area (Å²) in [5, 5.41) is 0. The topological polar surface area (TPSA) is 64.4 Å². The molecule has 2 aliphatic heterocycles. The molecule has 0 aliphatic carbocycles. The van der Waals surface area contributed by atoms with Crippen LogP contribution in [0.2, 0.25) is 0 Å². The van der Waals surface area contributed by atoms with Gasteiger partial charge in [0.25, 0.3) is 0 Å². The Hall–Kier alpha value is -2.89. The highest BCUT2D eigenvalue weighted by Gasteiger charge is 2.36. The summed E-state index contributed by atoms with van der Waals surface area (Å²) in [4.78, 5) is 31.5. The summed E-state index contributed by atoms with van der Waals surface area (Å²) in [5.41, 5.74) is 5.21. The number of hydrogen-bond donors (Lipinski definition) is 0. The number of hydrogen-bond acceptors (Lipinski definition) is 4. The Kier molecular flexibility index (Phi) is 5.73. The van der Waals surface area contributed by atoms with Crippen LogP contribution in [0.3, 0.4) is 0 Å². The molecule has 164 valence electrons. The minimum atomic E-state index is -0.618. The minimum Gasteiger partial charge on any atom is -0.443 e. The zero-order valence-electron chi connectivity index (χ0n) is 18.9. The predicted octanol–water partition coefficient (Wildman–Crippen LogP) is 4.72. The highest BCUT2D eigenvalue weighted by molar-refractivity contribution is 5.94. The second kappa shape index (κ2) is 8.33. The van der Waals surface area contributed by atoms with E-state index < -0.39 is 11.7 Å². The molecule has 2 amide bonds. The van der Waals surface area contributed by atoms with Crippen LogP contribution < -0.4 is 0 Å². The van der Waals surface area contributed by atoms with E-state index >= 15 is 0 Å². The predicted molar refractivity (Wildman–Crippen MR) is 120 cm³/mol. The molecule has 0 saturated carbocycles. The fourth-order valence-corrected chi connectivity index (χ4v) is 4.51. The number of carbonyl (C=O) groups is 2. The van der Waals surface area contributed by atoms with E-state index in [0.717, 1.165) is 31.4 Å². The quantitative estimate of drug-likeness (QED) is 0.719. The SMILES string of the molecule is CC=Cc1ccc2c(c1)CCc1c(CC3CCCN(C(=O)OC(C)(C)C)C3=O)ncn1-2. The maximum Gasteiger partial charge on any atom is 0.417 e. The van der Waals surface area contributed by atoms with Crippen LogP contribution in [0.25, 0.3) is 11.8 Å². The number of benzene rings is 1. The van der Waals surface area contributed by atoms with Crippen LogP contribution in [0.15, 0.2) is 30.6 Å². The summed E-state index contributed by atoms with van der Waals surface area (Å²) in [7, 11) is 0. The number of aromatic nitrogens is 2. The second-order valence-electron chi connectivity index (χ2n) is 9.41. The lowest BCUT2D eigenvalue weighted by molar-refractivity contribution is -0.137. The fraction of sp³-hybridized carbons (Fsp3) is 0.480.